The predicted molar refractivity (Wildman–Crippen MR) is 74.6 cm³/mol. The molecule has 2 aliphatic rings. The lowest BCUT2D eigenvalue weighted by Gasteiger charge is -2.32. The standard InChI is InChI=1S/C15H20FN3O/c16-13-4-2-1-3-12(13)15(7-8-15)18-14(20)19-9-5-11(17)6-10-19/h1-4,11H,5-10,17H2,(H,18,20). The molecule has 2 amide bonds. The molecule has 3 rings (SSSR count). The Morgan fingerprint density at radius 3 is 2.55 bits per heavy atom. The van der Waals surface area contributed by atoms with Gasteiger partial charge in [-0.2, -0.15) is 0 Å². The Bertz CT molecular complexity index is 508. The van der Waals surface area contributed by atoms with E-state index in [1.165, 1.54) is 6.07 Å². The first-order chi connectivity index (χ1) is 9.61. The number of carbonyl (C=O) groups is 1. The van der Waals surface area contributed by atoms with E-state index in [1.807, 2.05) is 6.07 Å². The van der Waals surface area contributed by atoms with Crippen LogP contribution in [0, 0.1) is 5.82 Å². The molecule has 0 aromatic heterocycles. The van der Waals surface area contributed by atoms with Crippen molar-refractivity contribution in [3.63, 3.8) is 0 Å². The third-order valence-corrected chi connectivity index (χ3v) is 4.31. The number of halogens is 1. The highest BCUT2D eigenvalue weighted by Gasteiger charge is 2.48. The second-order valence-corrected chi connectivity index (χ2v) is 5.82. The smallest absolute Gasteiger partial charge is 0.318 e. The number of nitrogens with two attached hydrogens (primary N) is 1. The maximum Gasteiger partial charge on any atom is 0.318 e. The summed E-state index contributed by atoms with van der Waals surface area (Å²) in [7, 11) is 0. The van der Waals surface area contributed by atoms with Crippen molar-refractivity contribution in [2.75, 3.05) is 13.1 Å². The lowest BCUT2D eigenvalue weighted by molar-refractivity contribution is 0.176. The highest BCUT2D eigenvalue weighted by Crippen LogP contribution is 2.46. The van der Waals surface area contributed by atoms with Crippen molar-refractivity contribution in [1.82, 2.24) is 10.2 Å². The summed E-state index contributed by atoms with van der Waals surface area (Å²) in [6.07, 6.45) is 3.26. The maximum atomic E-state index is 13.9. The van der Waals surface area contributed by atoms with Crippen LogP contribution in [0.5, 0.6) is 0 Å². The molecule has 20 heavy (non-hydrogen) atoms. The molecule has 5 heteroatoms. The summed E-state index contributed by atoms with van der Waals surface area (Å²) in [5, 5.41) is 3.02. The average molecular weight is 277 g/mol. The minimum atomic E-state index is -0.498. The van der Waals surface area contributed by atoms with Gasteiger partial charge in [-0.25, -0.2) is 9.18 Å². The zero-order chi connectivity index (χ0) is 14.2. The molecule has 108 valence electrons. The molecule has 1 aliphatic heterocycles. The van der Waals surface area contributed by atoms with Gasteiger partial charge in [0.25, 0.3) is 0 Å². The second kappa shape index (κ2) is 5.05. The molecule has 1 aromatic rings. The van der Waals surface area contributed by atoms with Crippen LogP contribution < -0.4 is 11.1 Å². The average Bonchev–Trinajstić information content (AvgIpc) is 3.20. The van der Waals surface area contributed by atoms with E-state index in [4.69, 9.17) is 5.73 Å². The van der Waals surface area contributed by atoms with Crippen LogP contribution in [0.25, 0.3) is 0 Å². The van der Waals surface area contributed by atoms with Gasteiger partial charge in [0.15, 0.2) is 0 Å². The molecule has 4 nitrogen and oxygen atoms in total. The fourth-order valence-corrected chi connectivity index (χ4v) is 2.82. The van der Waals surface area contributed by atoms with E-state index in [0.717, 1.165) is 25.7 Å². The summed E-state index contributed by atoms with van der Waals surface area (Å²) >= 11 is 0. The van der Waals surface area contributed by atoms with E-state index in [2.05, 4.69) is 5.32 Å². The Kier molecular flexibility index (Phi) is 3.38. The van der Waals surface area contributed by atoms with Gasteiger partial charge >= 0.3 is 6.03 Å². The minimum Gasteiger partial charge on any atom is -0.328 e. The molecule has 0 atom stereocenters. The van der Waals surface area contributed by atoms with Gasteiger partial charge in [-0.3, -0.25) is 0 Å². The van der Waals surface area contributed by atoms with Crippen molar-refractivity contribution >= 4 is 6.03 Å². The van der Waals surface area contributed by atoms with E-state index < -0.39 is 5.54 Å². The lowest BCUT2D eigenvalue weighted by atomic mass is 10.0. The summed E-state index contributed by atoms with van der Waals surface area (Å²) in [5.41, 5.74) is 5.94. The molecular formula is C15H20FN3O. The van der Waals surface area contributed by atoms with Gasteiger partial charge in [0, 0.05) is 24.7 Å². The van der Waals surface area contributed by atoms with Crippen LogP contribution in [0.4, 0.5) is 9.18 Å². The van der Waals surface area contributed by atoms with Crippen LogP contribution in [-0.4, -0.2) is 30.1 Å². The van der Waals surface area contributed by atoms with E-state index in [-0.39, 0.29) is 17.9 Å². The molecule has 1 saturated carbocycles. The lowest BCUT2D eigenvalue weighted by Crippen LogP contribution is -2.50. The summed E-state index contributed by atoms with van der Waals surface area (Å²) in [5.74, 6) is -0.244. The van der Waals surface area contributed by atoms with E-state index in [0.29, 0.717) is 18.7 Å². The largest absolute Gasteiger partial charge is 0.328 e. The van der Waals surface area contributed by atoms with Crippen molar-refractivity contribution in [2.24, 2.45) is 5.73 Å². The van der Waals surface area contributed by atoms with E-state index in [1.54, 1.807) is 17.0 Å². The summed E-state index contributed by atoms with van der Waals surface area (Å²) in [4.78, 5) is 14.1. The van der Waals surface area contributed by atoms with Crippen molar-refractivity contribution in [3.8, 4) is 0 Å². The van der Waals surface area contributed by atoms with Crippen LogP contribution >= 0.6 is 0 Å². The van der Waals surface area contributed by atoms with Gasteiger partial charge in [-0.05, 0) is 31.7 Å². The first-order valence-electron chi connectivity index (χ1n) is 7.18. The minimum absolute atomic E-state index is 0.0994. The number of nitrogens with one attached hydrogen (secondary N) is 1. The molecular weight excluding hydrogens is 257 g/mol. The third-order valence-electron chi connectivity index (χ3n) is 4.31. The van der Waals surface area contributed by atoms with Crippen molar-refractivity contribution in [3.05, 3.63) is 35.6 Å². The summed E-state index contributed by atoms with van der Waals surface area (Å²) in [6.45, 7) is 1.36. The number of urea groups is 1. The van der Waals surface area contributed by atoms with Crippen LogP contribution in [0.2, 0.25) is 0 Å². The Hall–Kier alpha value is -1.62. The number of rotatable bonds is 2. The maximum absolute atomic E-state index is 13.9. The number of likely N-dealkylation sites (tertiary alicyclic amines) is 1. The Morgan fingerprint density at radius 1 is 1.30 bits per heavy atom. The van der Waals surface area contributed by atoms with Crippen LogP contribution in [0.15, 0.2) is 24.3 Å². The first-order valence-corrected chi connectivity index (χ1v) is 7.18. The van der Waals surface area contributed by atoms with Gasteiger partial charge in [-0.15, -0.1) is 0 Å². The van der Waals surface area contributed by atoms with Crippen molar-refractivity contribution < 1.29 is 9.18 Å². The summed E-state index contributed by atoms with van der Waals surface area (Å²) in [6, 6.07) is 6.78. The van der Waals surface area contributed by atoms with Gasteiger partial charge < -0.3 is 16.0 Å². The second-order valence-electron chi connectivity index (χ2n) is 5.82. The van der Waals surface area contributed by atoms with Crippen LogP contribution in [0.1, 0.15) is 31.2 Å². The van der Waals surface area contributed by atoms with Gasteiger partial charge in [0.1, 0.15) is 5.82 Å². The van der Waals surface area contributed by atoms with Crippen LogP contribution in [0.3, 0.4) is 0 Å². The SMILES string of the molecule is NC1CCN(C(=O)NC2(c3ccccc3F)CC2)CC1. The number of hydrogen-bond acceptors (Lipinski definition) is 2. The monoisotopic (exact) mass is 277 g/mol. The number of hydrogen-bond donors (Lipinski definition) is 2. The number of piperidine rings is 1. The number of amides is 2. The molecule has 0 bridgehead atoms. The van der Waals surface area contributed by atoms with E-state index in [9.17, 15) is 9.18 Å². The zero-order valence-electron chi connectivity index (χ0n) is 11.4. The predicted octanol–water partition coefficient (Wildman–Crippen LogP) is 1.95. The number of carbonyl (C=O) groups excluding carboxylic acids is 1. The highest BCUT2D eigenvalue weighted by molar-refractivity contribution is 5.76. The Balaban J connectivity index is 1.68. The molecule has 2 fully saturated rings. The highest BCUT2D eigenvalue weighted by atomic mass is 19.1. The molecule has 1 aliphatic carbocycles. The van der Waals surface area contributed by atoms with Crippen molar-refractivity contribution in [2.45, 2.75) is 37.3 Å². The van der Waals surface area contributed by atoms with Gasteiger partial charge in [-0.1, -0.05) is 18.2 Å². The summed E-state index contributed by atoms with van der Waals surface area (Å²) < 4.78 is 13.9. The molecule has 1 aromatic carbocycles. The van der Waals surface area contributed by atoms with Gasteiger partial charge in [0.05, 0.1) is 5.54 Å². The fourth-order valence-electron chi connectivity index (χ4n) is 2.82. The Morgan fingerprint density at radius 2 is 1.95 bits per heavy atom. The topological polar surface area (TPSA) is 58.4 Å². The molecule has 1 heterocycles. The number of benzene rings is 1. The van der Waals surface area contributed by atoms with Gasteiger partial charge in [0.2, 0.25) is 0 Å². The first kappa shape index (κ1) is 13.4. The van der Waals surface area contributed by atoms with E-state index >= 15 is 0 Å². The molecule has 1 saturated heterocycles. The number of nitrogens with zero attached hydrogens (tertiary/aromatic N) is 1. The molecule has 0 spiro atoms. The third kappa shape index (κ3) is 2.50. The van der Waals surface area contributed by atoms with Crippen LogP contribution in [-0.2, 0) is 5.54 Å². The molecule has 0 radical (unpaired) electrons. The zero-order valence-corrected chi connectivity index (χ0v) is 11.4. The quantitative estimate of drug-likeness (QED) is 0.868. The normalized spacial score (nSPS) is 21.6. The Labute approximate surface area is 118 Å². The fraction of sp³-hybridized carbons (Fsp3) is 0.533. The van der Waals surface area contributed by atoms with Crippen molar-refractivity contribution in [1.29, 1.82) is 0 Å². The molecule has 3 N–H and O–H groups in total. The molecule has 0 unspecified atom stereocenters.